The summed E-state index contributed by atoms with van der Waals surface area (Å²) in [6.07, 6.45) is 3.25. The van der Waals surface area contributed by atoms with E-state index in [1.165, 1.54) is 0 Å². The van der Waals surface area contributed by atoms with Crippen LogP contribution in [0.5, 0.6) is 0 Å². The minimum absolute atomic E-state index is 0. The topological polar surface area (TPSA) is 72.8 Å². The van der Waals surface area contributed by atoms with E-state index in [1.807, 2.05) is 13.8 Å². The Hall–Kier alpha value is -0.390. The molecule has 1 unspecified atom stereocenters. The molecule has 1 rings (SSSR count). The zero-order valence-corrected chi connectivity index (χ0v) is 14.4. The Morgan fingerprint density at radius 2 is 1.84 bits per heavy atom. The number of amides is 2. The number of carbonyl (C=O) groups excluding carboxylic acids is 2. The van der Waals surface area contributed by atoms with Crippen LogP contribution in [0.25, 0.3) is 0 Å². The van der Waals surface area contributed by atoms with Crippen LogP contribution in [0.1, 0.15) is 52.9 Å². The summed E-state index contributed by atoms with van der Waals surface area (Å²) < 4.78 is 0. The van der Waals surface area contributed by atoms with Gasteiger partial charge in [-0.25, -0.2) is 4.99 Å². The van der Waals surface area contributed by atoms with E-state index in [0.29, 0.717) is 25.8 Å². The third-order valence-electron chi connectivity index (χ3n) is 3.50. The maximum absolute atomic E-state index is 12.4. The number of carbonyl (C=O) groups is 2. The van der Waals surface area contributed by atoms with E-state index in [2.05, 4.69) is 4.99 Å². The maximum atomic E-state index is 12.4. The molecule has 0 saturated carbocycles. The van der Waals surface area contributed by atoms with Gasteiger partial charge in [0.05, 0.1) is 6.02 Å². The Balaban J connectivity index is 0.00000324. The van der Waals surface area contributed by atoms with Crippen LogP contribution in [0.3, 0.4) is 0 Å². The van der Waals surface area contributed by atoms with Crippen LogP contribution in [0.15, 0.2) is 4.99 Å². The van der Waals surface area contributed by atoms with Gasteiger partial charge in [0.2, 0.25) is 5.91 Å². The summed E-state index contributed by atoms with van der Waals surface area (Å²) in [6.45, 7) is 6.03. The van der Waals surface area contributed by atoms with Gasteiger partial charge in [0, 0.05) is 6.54 Å². The van der Waals surface area contributed by atoms with Gasteiger partial charge >= 0.3 is 29.6 Å². The molecule has 1 atom stereocenters. The molecular formula is C13H21N2NaO3. The molecule has 1 heterocycles. The predicted octanol–water partition coefficient (Wildman–Crippen LogP) is -1.93. The molecule has 0 saturated heterocycles. The van der Waals surface area contributed by atoms with Crippen LogP contribution < -0.4 is 34.7 Å². The zero-order chi connectivity index (χ0) is 13.8. The van der Waals surface area contributed by atoms with Crippen molar-refractivity contribution in [1.29, 1.82) is 0 Å². The predicted molar refractivity (Wildman–Crippen MR) is 66.7 cm³/mol. The Morgan fingerprint density at radius 1 is 1.21 bits per heavy atom. The summed E-state index contributed by atoms with van der Waals surface area (Å²) in [7, 11) is 0. The molecule has 1 aliphatic rings. The number of unbranched alkanes of at least 4 members (excludes halogenated alkanes) is 1. The van der Waals surface area contributed by atoms with Crippen molar-refractivity contribution in [2.45, 2.75) is 52.9 Å². The molecule has 1 aliphatic heterocycles. The molecule has 0 aromatic carbocycles. The molecule has 0 aromatic rings. The van der Waals surface area contributed by atoms with Crippen LogP contribution in [-0.2, 0) is 9.59 Å². The number of hydrogen-bond acceptors (Lipinski definition) is 3. The van der Waals surface area contributed by atoms with E-state index >= 15 is 0 Å². The van der Waals surface area contributed by atoms with Gasteiger partial charge in [-0.15, -0.1) is 0 Å². The van der Waals surface area contributed by atoms with Crippen LogP contribution in [0, 0.1) is 5.41 Å². The molecule has 0 bridgehead atoms. The first kappa shape index (κ1) is 18.6. The van der Waals surface area contributed by atoms with Gasteiger partial charge < -0.3 is 10.0 Å². The van der Waals surface area contributed by atoms with E-state index in [4.69, 9.17) is 0 Å². The van der Waals surface area contributed by atoms with Crippen LogP contribution >= 0.6 is 0 Å². The molecule has 0 aliphatic carbocycles. The SMILES string of the molecule is CCCCC1(CC)C(=O)N=C([O-])N(CCC)C1=O.[Na+]. The van der Waals surface area contributed by atoms with E-state index in [0.717, 1.165) is 17.7 Å². The summed E-state index contributed by atoms with van der Waals surface area (Å²) in [5, 5.41) is 11.6. The minimum Gasteiger partial charge on any atom is -0.846 e. The number of nitrogens with zero attached hydrogens (tertiary/aromatic N) is 2. The Kier molecular flexibility index (Phi) is 7.86. The second kappa shape index (κ2) is 8.02. The second-order valence-corrected chi connectivity index (χ2v) is 4.70. The number of hydrogen-bond donors (Lipinski definition) is 0. The van der Waals surface area contributed by atoms with Crippen molar-refractivity contribution in [3.05, 3.63) is 0 Å². The fourth-order valence-corrected chi connectivity index (χ4v) is 2.28. The molecule has 6 heteroatoms. The van der Waals surface area contributed by atoms with Gasteiger partial charge in [0.15, 0.2) is 0 Å². The second-order valence-electron chi connectivity index (χ2n) is 4.70. The molecule has 0 fully saturated rings. The Morgan fingerprint density at radius 3 is 2.32 bits per heavy atom. The quantitative estimate of drug-likeness (QED) is 0.419. The molecule has 0 aromatic heterocycles. The third-order valence-corrected chi connectivity index (χ3v) is 3.50. The van der Waals surface area contributed by atoms with Crippen molar-refractivity contribution in [2.24, 2.45) is 10.4 Å². The number of aliphatic imine (C=N–C) groups is 1. The summed E-state index contributed by atoms with van der Waals surface area (Å²) in [6, 6.07) is -0.701. The van der Waals surface area contributed by atoms with Gasteiger partial charge in [0.25, 0.3) is 5.91 Å². The van der Waals surface area contributed by atoms with E-state index < -0.39 is 17.3 Å². The monoisotopic (exact) mass is 276 g/mol. The van der Waals surface area contributed by atoms with Crippen LogP contribution in [0.2, 0.25) is 0 Å². The van der Waals surface area contributed by atoms with E-state index in [-0.39, 0.29) is 35.5 Å². The van der Waals surface area contributed by atoms with Gasteiger partial charge in [-0.3, -0.25) is 9.59 Å². The molecule has 2 amide bonds. The fourth-order valence-electron chi connectivity index (χ4n) is 2.28. The molecule has 102 valence electrons. The van der Waals surface area contributed by atoms with Crippen molar-refractivity contribution < 1.29 is 44.3 Å². The summed E-state index contributed by atoms with van der Waals surface area (Å²) in [4.78, 5) is 29.1. The zero-order valence-electron chi connectivity index (χ0n) is 12.4. The van der Waals surface area contributed by atoms with Gasteiger partial charge in [-0.1, -0.05) is 33.6 Å². The minimum atomic E-state index is -1.10. The molecule has 0 spiro atoms. The standard InChI is InChI=1S/C13H22N2O3.Na/c1-4-7-8-13(6-3)10(16)14-12(18)15(9-5-2)11(13)17;/h4-9H2,1-3H3,(H,14,16,18);/q;+1/p-1. The van der Waals surface area contributed by atoms with Crippen LogP contribution in [0.4, 0.5) is 0 Å². The van der Waals surface area contributed by atoms with Gasteiger partial charge in [0.1, 0.15) is 5.41 Å². The Bertz CT molecular complexity index is 371. The third kappa shape index (κ3) is 3.58. The average molecular weight is 276 g/mol. The molecular weight excluding hydrogens is 255 g/mol. The first-order chi connectivity index (χ1) is 8.53. The van der Waals surface area contributed by atoms with E-state index in [9.17, 15) is 14.7 Å². The van der Waals surface area contributed by atoms with Crippen molar-refractivity contribution >= 4 is 17.8 Å². The summed E-state index contributed by atoms with van der Waals surface area (Å²) >= 11 is 0. The number of rotatable bonds is 6. The summed E-state index contributed by atoms with van der Waals surface area (Å²) in [5.41, 5.74) is -1.10. The maximum Gasteiger partial charge on any atom is 1.00 e. The molecule has 5 nitrogen and oxygen atoms in total. The normalized spacial score (nSPS) is 23.1. The van der Waals surface area contributed by atoms with Crippen molar-refractivity contribution in [3.8, 4) is 0 Å². The first-order valence-electron chi connectivity index (χ1n) is 6.65. The van der Waals surface area contributed by atoms with Crippen molar-refractivity contribution in [1.82, 2.24) is 4.90 Å². The van der Waals surface area contributed by atoms with Crippen LogP contribution in [-0.4, -0.2) is 29.3 Å². The molecule has 19 heavy (non-hydrogen) atoms. The smallest absolute Gasteiger partial charge is 0.846 e. The van der Waals surface area contributed by atoms with E-state index in [1.54, 1.807) is 6.92 Å². The first-order valence-corrected chi connectivity index (χ1v) is 6.65. The van der Waals surface area contributed by atoms with Gasteiger partial charge in [-0.2, -0.15) is 0 Å². The average Bonchev–Trinajstić information content (AvgIpc) is 2.35. The molecule has 0 radical (unpaired) electrons. The largest absolute Gasteiger partial charge is 1.00 e. The fraction of sp³-hybridized carbons (Fsp3) is 0.769. The van der Waals surface area contributed by atoms with Gasteiger partial charge in [-0.05, 0) is 19.3 Å². The van der Waals surface area contributed by atoms with Crippen molar-refractivity contribution in [2.75, 3.05) is 6.54 Å². The summed E-state index contributed by atoms with van der Waals surface area (Å²) in [5.74, 6) is -0.911. The number of amidine groups is 1. The van der Waals surface area contributed by atoms with Crippen molar-refractivity contribution in [3.63, 3.8) is 0 Å². The Labute approximate surface area is 136 Å². The molecule has 0 N–H and O–H groups in total.